The van der Waals surface area contributed by atoms with Gasteiger partial charge in [-0.3, -0.25) is 19.2 Å². The number of rotatable bonds is 7. The van der Waals surface area contributed by atoms with Crippen LogP contribution in [-0.2, 0) is 38.4 Å². The van der Waals surface area contributed by atoms with Crippen LogP contribution in [0.1, 0.15) is 43.2 Å². The highest BCUT2D eigenvalue weighted by Crippen LogP contribution is 2.54. The van der Waals surface area contributed by atoms with Gasteiger partial charge in [-0.25, -0.2) is 13.4 Å². The molecule has 0 atom stereocenters. The van der Waals surface area contributed by atoms with E-state index in [0.29, 0.717) is 38.6 Å². The summed E-state index contributed by atoms with van der Waals surface area (Å²) in [6, 6.07) is 17.2. The van der Waals surface area contributed by atoms with Gasteiger partial charge >= 0.3 is 6.18 Å². The average molecular weight is 789 g/mol. The summed E-state index contributed by atoms with van der Waals surface area (Å²) in [4.78, 5) is 38.1. The number of pyridine rings is 1. The normalized spacial score (nSPS) is 17.9. The molecule has 1 N–H and O–H groups in total. The van der Waals surface area contributed by atoms with Gasteiger partial charge in [0.2, 0.25) is 12.2 Å². The number of benzene rings is 2. The van der Waals surface area contributed by atoms with Gasteiger partial charge in [0.25, 0.3) is 0 Å². The number of anilines is 1. The van der Waals surface area contributed by atoms with Crippen molar-refractivity contribution in [2.24, 2.45) is 7.05 Å². The Morgan fingerprint density at radius 2 is 1.70 bits per heavy atom. The third-order valence-corrected chi connectivity index (χ3v) is 13.3. The molecule has 8 rings (SSSR count). The predicted molar refractivity (Wildman–Crippen MR) is 207 cm³/mol. The highest BCUT2D eigenvalue weighted by atomic mass is 32.2. The van der Waals surface area contributed by atoms with Gasteiger partial charge in [-0.2, -0.15) is 23.5 Å². The second kappa shape index (κ2) is 15.1. The summed E-state index contributed by atoms with van der Waals surface area (Å²) in [6.45, 7) is 4.52. The number of amides is 1. The van der Waals surface area contributed by atoms with E-state index in [1.54, 1.807) is 4.90 Å². The van der Waals surface area contributed by atoms with Gasteiger partial charge in [0, 0.05) is 61.8 Å². The van der Waals surface area contributed by atoms with E-state index in [4.69, 9.17) is 9.78 Å². The van der Waals surface area contributed by atoms with E-state index >= 15 is 0 Å². The van der Waals surface area contributed by atoms with Gasteiger partial charge in [0.1, 0.15) is 15.5 Å². The van der Waals surface area contributed by atoms with E-state index in [-0.39, 0.29) is 11.2 Å². The van der Waals surface area contributed by atoms with Crippen molar-refractivity contribution < 1.29 is 31.2 Å². The van der Waals surface area contributed by atoms with Gasteiger partial charge in [-0.1, -0.05) is 36.4 Å². The first-order chi connectivity index (χ1) is 26.6. The molecule has 2 saturated heterocycles. The number of hydrogen-bond acceptors (Lipinski definition) is 9. The molecule has 294 valence electrons. The number of piperidine rings is 2. The van der Waals surface area contributed by atoms with Crippen molar-refractivity contribution in [3.05, 3.63) is 66.0 Å². The number of carbonyl (C=O) groups is 2. The number of sulfone groups is 1. The summed E-state index contributed by atoms with van der Waals surface area (Å²) < 4.78 is 57.3. The summed E-state index contributed by atoms with van der Waals surface area (Å²) in [5, 5.41) is 15.6. The van der Waals surface area contributed by atoms with Gasteiger partial charge in [0.15, 0.2) is 0 Å². The number of aromatic nitrogens is 4. The molecule has 5 aromatic rings. The smallest absolute Gasteiger partial charge is 0.339 e. The Morgan fingerprint density at radius 1 is 1.02 bits per heavy atom. The largest absolute Gasteiger partial charge is 0.446 e. The SMILES string of the molecule is CN1C(=O)C2(CCN(CCC#N)CC2)c2c1cnc1[nH]c(-c3ccc(CN4CCC(S(C)(=O)=O)CC4)cc3)c(-c3cccc4c3cnn4C)c21.O=CC(F)(F)F. The molecule has 2 aromatic carbocycles. The lowest BCUT2D eigenvalue weighted by Gasteiger charge is -2.38. The number of likely N-dealkylation sites (N-methyl/N-ethyl adjacent to an activating group) is 1. The van der Waals surface area contributed by atoms with E-state index in [0.717, 1.165) is 88.3 Å². The van der Waals surface area contributed by atoms with E-state index in [9.17, 15) is 31.6 Å². The Kier molecular flexibility index (Phi) is 10.5. The molecule has 16 heteroatoms. The highest BCUT2D eigenvalue weighted by Gasteiger charge is 2.53. The third kappa shape index (κ3) is 7.31. The van der Waals surface area contributed by atoms with Gasteiger partial charge in [0.05, 0.1) is 46.0 Å². The van der Waals surface area contributed by atoms with Crippen molar-refractivity contribution in [1.29, 1.82) is 5.26 Å². The summed E-state index contributed by atoms with van der Waals surface area (Å²) in [5.41, 5.74) is 8.18. The molecule has 12 nitrogen and oxygen atoms in total. The van der Waals surface area contributed by atoms with Crippen molar-refractivity contribution in [3.63, 3.8) is 0 Å². The van der Waals surface area contributed by atoms with E-state index in [2.05, 4.69) is 68.4 Å². The Labute approximate surface area is 322 Å². The van der Waals surface area contributed by atoms with Gasteiger partial charge < -0.3 is 14.8 Å². The van der Waals surface area contributed by atoms with Crippen LogP contribution in [0.5, 0.6) is 0 Å². The van der Waals surface area contributed by atoms with Crippen LogP contribution in [0, 0.1) is 11.3 Å². The number of nitriles is 1. The zero-order valence-electron chi connectivity index (χ0n) is 31.4. The quantitative estimate of drug-likeness (QED) is 0.203. The first-order valence-corrected chi connectivity index (χ1v) is 20.5. The predicted octanol–water partition coefficient (Wildman–Crippen LogP) is 5.76. The molecule has 0 unspecified atom stereocenters. The minimum Gasteiger partial charge on any atom is -0.339 e. The monoisotopic (exact) mass is 788 g/mol. The first kappa shape index (κ1) is 39.1. The molecule has 1 spiro atoms. The van der Waals surface area contributed by atoms with Crippen LogP contribution in [0.15, 0.2) is 54.9 Å². The Bertz CT molecular complexity index is 2440. The third-order valence-electron chi connectivity index (χ3n) is 11.6. The lowest BCUT2D eigenvalue weighted by atomic mass is 9.72. The number of carbonyl (C=O) groups excluding carboxylic acids is 2. The van der Waals surface area contributed by atoms with Crippen LogP contribution < -0.4 is 4.90 Å². The molecule has 0 bridgehead atoms. The number of H-pyrrole nitrogens is 1. The number of nitrogens with one attached hydrogen (secondary N) is 1. The number of nitrogens with zero attached hydrogens (tertiary/aromatic N) is 7. The Hall–Kier alpha value is -5.11. The average Bonchev–Trinajstić information content (AvgIpc) is 3.82. The fraction of sp³-hybridized carbons (Fsp3) is 0.425. The number of alkyl halides is 3. The zero-order chi connectivity index (χ0) is 40.0. The van der Waals surface area contributed by atoms with E-state index in [1.165, 1.54) is 11.8 Å². The highest BCUT2D eigenvalue weighted by molar-refractivity contribution is 7.91. The van der Waals surface area contributed by atoms with Crippen molar-refractivity contribution in [1.82, 2.24) is 29.5 Å². The topological polar surface area (TPSA) is 148 Å². The molecular weight excluding hydrogens is 746 g/mol. The maximum atomic E-state index is 14.3. The number of aryl methyl sites for hydroxylation is 1. The number of fused-ring (bicyclic) bond motifs is 5. The van der Waals surface area contributed by atoms with Crippen LogP contribution in [-0.4, -0.2) is 108 Å². The van der Waals surface area contributed by atoms with Crippen molar-refractivity contribution in [3.8, 4) is 28.5 Å². The lowest BCUT2D eigenvalue weighted by Crippen LogP contribution is -2.48. The molecule has 0 radical (unpaired) electrons. The summed E-state index contributed by atoms with van der Waals surface area (Å²) in [6.07, 6.45) is 2.59. The van der Waals surface area contributed by atoms with Crippen LogP contribution in [0.25, 0.3) is 44.3 Å². The van der Waals surface area contributed by atoms with Crippen molar-refractivity contribution in [2.75, 3.05) is 50.9 Å². The second-order valence-corrected chi connectivity index (χ2v) is 17.3. The minimum atomic E-state index is -4.64. The molecular formula is C40H43F3N8O4S. The van der Waals surface area contributed by atoms with E-state index < -0.39 is 27.7 Å². The number of halogens is 3. The molecule has 2 fully saturated rings. The number of hydrogen-bond donors (Lipinski definition) is 1. The van der Waals surface area contributed by atoms with Gasteiger partial charge in [-0.05, 0) is 74.6 Å². The van der Waals surface area contributed by atoms with Crippen LogP contribution >= 0.6 is 0 Å². The fourth-order valence-electron chi connectivity index (χ4n) is 8.66. The standard InChI is InChI=1S/C38H42N8O3S.C2HF3O/c1-43-31-23-40-36-33(34(31)38(37(43)47)14-20-45(21-15-38)17-5-16-39)32(28-6-4-7-30-29(28)22-41-44(30)2)35(42-36)26-10-8-25(9-11-26)24-46-18-12-27(13-19-46)50(3,48)49;3-2(4,5)1-6/h4,6-11,22-23,27H,5,12-15,17-21,24H2,1-3H3,(H,40,42);1H. The van der Waals surface area contributed by atoms with E-state index in [1.807, 2.05) is 31.2 Å². The number of likely N-dealkylation sites (tertiary alicyclic amines) is 2. The van der Waals surface area contributed by atoms with Gasteiger partial charge in [-0.15, -0.1) is 0 Å². The summed E-state index contributed by atoms with van der Waals surface area (Å²) >= 11 is 0. The first-order valence-electron chi connectivity index (χ1n) is 18.5. The van der Waals surface area contributed by atoms with Crippen molar-refractivity contribution >= 4 is 49.7 Å². The summed E-state index contributed by atoms with van der Waals surface area (Å²) in [5.74, 6) is 0.111. The molecule has 56 heavy (non-hydrogen) atoms. The Morgan fingerprint density at radius 3 is 2.32 bits per heavy atom. The molecule has 1 amide bonds. The molecule has 3 aromatic heterocycles. The molecule has 0 aliphatic carbocycles. The number of aldehydes is 1. The minimum absolute atomic E-state index is 0.111. The number of aromatic amines is 1. The molecule has 0 saturated carbocycles. The fourth-order valence-corrected chi connectivity index (χ4v) is 9.73. The Balaban J connectivity index is 0.000000744. The van der Waals surface area contributed by atoms with Crippen LogP contribution in [0.4, 0.5) is 18.9 Å². The maximum Gasteiger partial charge on any atom is 0.446 e. The zero-order valence-corrected chi connectivity index (χ0v) is 32.3. The summed E-state index contributed by atoms with van der Waals surface area (Å²) in [7, 11) is 0.806. The maximum absolute atomic E-state index is 14.3. The van der Waals surface area contributed by atoms with Crippen molar-refractivity contribution in [2.45, 2.75) is 55.5 Å². The molecule has 3 aliphatic heterocycles. The van der Waals surface area contributed by atoms with Crippen LogP contribution in [0.3, 0.4) is 0 Å². The van der Waals surface area contributed by atoms with Crippen LogP contribution in [0.2, 0.25) is 0 Å². The molecule has 6 heterocycles. The second-order valence-electron chi connectivity index (χ2n) is 15.0. The molecule has 3 aliphatic rings. The lowest BCUT2D eigenvalue weighted by molar-refractivity contribution is -0.156.